The summed E-state index contributed by atoms with van der Waals surface area (Å²) in [6.45, 7) is 4.09. The van der Waals surface area contributed by atoms with Crippen LogP contribution in [0.5, 0.6) is 0 Å². The fourth-order valence-corrected chi connectivity index (χ4v) is 3.80. The molecule has 2 N–H and O–H groups in total. The van der Waals surface area contributed by atoms with Crippen LogP contribution in [0.15, 0.2) is 54.7 Å². The van der Waals surface area contributed by atoms with E-state index in [1.54, 1.807) is 23.0 Å². The van der Waals surface area contributed by atoms with Crippen LogP contribution in [0.3, 0.4) is 0 Å². The molecular formula is C23H26ClFN4O. The normalized spacial score (nSPS) is 14.4. The number of piperidine rings is 1. The molecule has 158 valence electrons. The number of carbonyl (C=O) groups excluding carboxylic acids is 1. The van der Waals surface area contributed by atoms with Crippen molar-refractivity contribution in [3.8, 4) is 16.9 Å². The lowest BCUT2D eigenvalue weighted by atomic mass is 9.96. The Morgan fingerprint density at radius 3 is 2.50 bits per heavy atom. The van der Waals surface area contributed by atoms with E-state index >= 15 is 0 Å². The smallest absolute Gasteiger partial charge is 0.257 e. The van der Waals surface area contributed by atoms with Crippen molar-refractivity contribution in [2.75, 3.05) is 19.6 Å². The number of benzene rings is 2. The first kappa shape index (κ1) is 22.0. The van der Waals surface area contributed by atoms with Gasteiger partial charge in [-0.15, -0.1) is 12.4 Å². The highest BCUT2D eigenvalue weighted by Gasteiger charge is 2.27. The molecule has 1 aromatic heterocycles. The molecule has 2 heterocycles. The van der Waals surface area contributed by atoms with Gasteiger partial charge in [0.25, 0.3) is 5.91 Å². The lowest BCUT2D eigenvalue weighted by molar-refractivity contribution is 0.0694. The highest BCUT2D eigenvalue weighted by Crippen LogP contribution is 2.27. The first-order valence-electron chi connectivity index (χ1n) is 9.97. The monoisotopic (exact) mass is 428 g/mol. The molecule has 1 fully saturated rings. The van der Waals surface area contributed by atoms with Gasteiger partial charge in [-0.3, -0.25) is 4.79 Å². The molecular weight excluding hydrogens is 403 g/mol. The number of aryl methyl sites for hydroxylation is 1. The SMILES string of the molecule is Cc1cccc(-c2nn(-c3ccc(F)cc3)cc2C(=O)N2CCC(CN)CC2)c1.Cl. The summed E-state index contributed by atoms with van der Waals surface area (Å²) in [7, 11) is 0. The minimum atomic E-state index is -0.307. The minimum Gasteiger partial charge on any atom is -0.339 e. The molecule has 0 aliphatic carbocycles. The number of likely N-dealkylation sites (tertiary alicyclic amines) is 1. The number of carbonyl (C=O) groups is 1. The maximum Gasteiger partial charge on any atom is 0.257 e. The third kappa shape index (κ3) is 4.55. The molecule has 7 heteroatoms. The number of amides is 1. The van der Waals surface area contributed by atoms with Gasteiger partial charge in [0.1, 0.15) is 11.5 Å². The predicted octanol–water partition coefficient (Wildman–Crippen LogP) is 4.22. The Balaban J connectivity index is 0.00000256. The fourth-order valence-electron chi connectivity index (χ4n) is 3.80. The lowest BCUT2D eigenvalue weighted by Crippen LogP contribution is -2.40. The van der Waals surface area contributed by atoms with Crippen molar-refractivity contribution in [2.24, 2.45) is 11.7 Å². The van der Waals surface area contributed by atoms with E-state index in [1.807, 2.05) is 36.1 Å². The van der Waals surface area contributed by atoms with Crippen molar-refractivity contribution < 1.29 is 9.18 Å². The number of rotatable bonds is 4. The topological polar surface area (TPSA) is 64.2 Å². The van der Waals surface area contributed by atoms with Gasteiger partial charge in [0.2, 0.25) is 0 Å². The Morgan fingerprint density at radius 1 is 1.17 bits per heavy atom. The summed E-state index contributed by atoms with van der Waals surface area (Å²) >= 11 is 0. The van der Waals surface area contributed by atoms with Crippen LogP contribution in [0.1, 0.15) is 28.8 Å². The maximum absolute atomic E-state index is 13.4. The van der Waals surface area contributed by atoms with Crippen LogP contribution in [0.2, 0.25) is 0 Å². The van der Waals surface area contributed by atoms with E-state index in [0.717, 1.165) is 24.0 Å². The van der Waals surface area contributed by atoms with Crippen LogP contribution in [0.25, 0.3) is 16.9 Å². The molecule has 30 heavy (non-hydrogen) atoms. The molecule has 3 aromatic rings. The first-order chi connectivity index (χ1) is 14.0. The van der Waals surface area contributed by atoms with Crippen molar-refractivity contribution in [3.05, 3.63) is 71.7 Å². The number of nitrogens with two attached hydrogens (primary N) is 1. The van der Waals surface area contributed by atoms with Gasteiger partial charge < -0.3 is 10.6 Å². The third-order valence-electron chi connectivity index (χ3n) is 5.56. The zero-order valence-electron chi connectivity index (χ0n) is 16.9. The van der Waals surface area contributed by atoms with Gasteiger partial charge >= 0.3 is 0 Å². The van der Waals surface area contributed by atoms with Crippen molar-refractivity contribution in [3.63, 3.8) is 0 Å². The molecule has 0 bridgehead atoms. The van der Waals surface area contributed by atoms with Crippen molar-refractivity contribution in [2.45, 2.75) is 19.8 Å². The van der Waals surface area contributed by atoms with E-state index < -0.39 is 0 Å². The fraction of sp³-hybridized carbons (Fsp3) is 0.304. The molecule has 2 aromatic carbocycles. The van der Waals surface area contributed by atoms with Crippen molar-refractivity contribution >= 4 is 18.3 Å². The predicted molar refractivity (Wildman–Crippen MR) is 119 cm³/mol. The van der Waals surface area contributed by atoms with Crippen LogP contribution in [-0.2, 0) is 0 Å². The summed E-state index contributed by atoms with van der Waals surface area (Å²) in [4.78, 5) is 15.2. The van der Waals surface area contributed by atoms with Crippen LogP contribution >= 0.6 is 12.4 Å². The molecule has 4 rings (SSSR count). The van der Waals surface area contributed by atoms with Gasteiger partial charge in [-0.05, 0) is 62.6 Å². The van der Waals surface area contributed by atoms with E-state index in [2.05, 4.69) is 0 Å². The Morgan fingerprint density at radius 2 is 1.87 bits per heavy atom. The second-order valence-electron chi connectivity index (χ2n) is 7.65. The number of hydrogen-bond acceptors (Lipinski definition) is 3. The van der Waals surface area contributed by atoms with Gasteiger partial charge in [-0.1, -0.05) is 23.8 Å². The molecule has 1 aliphatic rings. The van der Waals surface area contributed by atoms with E-state index in [1.165, 1.54) is 12.1 Å². The second kappa shape index (κ2) is 9.41. The Kier molecular flexibility index (Phi) is 6.90. The maximum atomic E-state index is 13.4. The minimum absolute atomic E-state index is 0. The van der Waals surface area contributed by atoms with Crippen LogP contribution < -0.4 is 5.73 Å². The highest BCUT2D eigenvalue weighted by molar-refractivity contribution is 6.00. The number of halogens is 2. The van der Waals surface area contributed by atoms with Gasteiger partial charge in [-0.25, -0.2) is 9.07 Å². The van der Waals surface area contributed by atoms with Crippen molar-refractivity contribution in [1.82, 2.24) is 14.7 Å². The summed E-state index contributed by atoms with van der Waals surface area (Å²) in [5.74, 6) is 0.154. The van der Waals surface area contributed by atoms with Gasteiger partial charge in [0.15, 0.2) is 0 Å². The second-order valence-corrected chi connectivity index (χ2v) is 7.65. The molecule has 0 spiro atoms. The van der Waals surface area contributed by atoms with Crippen LogP contribution in [0.4, 0.5) is 4.39 Å². The van der Waals surface area contributed by atoms with E-state index in [4.69, 9.17) is 10.8 Å². The van der Waals surface area contributed by atoms with Gasteiger partial charge in [-0.2, -0.15) is 5.10 Å². The Bertz CT molecular complexity index is 1010. The summed E-state index contributed by atoms with van der Waals surface area (Å²) in [5, 5.41) is 4.70. The van der Waals surface area contributed by atoms with Crippen LogP contribution in [0, 0.1) is 18.7 Å². The van der Waals surface area contributed by atoms with E-state index in [9.17, 15) is 9.18 Å². The molecule has 1 aliphatic heterocycles. The summed E-state index contributed by atoms with van der Waals surface area (Å²) in [5.41, 5.74) is 9.69. The van der Waals surface area contributed by atoms with Gasteiger partial charge in [0.05, 0.1) is 11.3 Å². The van der Waals surface area contributed by atoms with Crippen molar-refractivity contribution in [1.29, 1.82) is 0 Å². The van der Waals surface area contributed by atoms with Crippen LogP contribution in [-0.4, -0.2) is 40.2 Å². The quantitative estimate of drug-likeness (QED) is 0.676. The zero-order chi connectivity index (χ0) is 20.4. The summed E-state index contributed by atoms with van der Waals surface area (Å²) < 4.78 is 15.0. The standard InChI is InChI=1S/C23H25FN4O.ClH/c1-16-3-2-4-18(13-16)22-21(23(29)27-11-9-17(14-25)10-12-27)15-28(26-22)20-7-5-19(24)6-8-20;/h2-8,13,15,17H,9-12,14,25H2,1H3;1H. The highest BCUT2D eigenvalue weighted by atomic mass is 35.5. The molecule has 0 saturated carbocycles. The Labute approximate surface area is 182 Å². The zero-order valence-corrected chi connectivity index (χ0v) is 17.7. The number of nitrogens with zero attached hydrogens (tertiary/aromatic N) is 3. The molecule has 0 unspecified atom stereocenters. The molecule has 5 nitrogen and oxygen atoms in total. The summed E-state index contributed by atoms with van der Waals surface area (Å²) in [6.07, 6.45) is 3.60. The largest absolute Gasteiger partial charge is 0.339 e. The average Bonchev–Trinajstić information content (AvgIpc) is 3.19. The van der Waals surface area contributed by atoms with E-state index in [-0.39, 0.29) is 24.1 Å². The molecule has 0 radical (unpaired) electrons. The molecule has 1 saturated heterocycles. The third-order valence-corrected chi connectivity index (χ3v) is 5.56. The molecule has 0 atom stereocenters. The first-order valence-corrected chi connectivity index (χ1v) is 9.97. The lowest BCUT2D eigenvalue weighted by Gasteiger charge is -2.31. The average molecular weight is 429 g/mol. The van der Waals surface area contributed by atoms with Gasteiger partial charge in [0, 0.05) is 24.8 Å². The van der Waals surface area contributed by atoms with E-state index in [0.29, 0.717) is 42.5 Å². The number of aromatic nitrogens is 2. The Hall–Kier alpha value is -2.70. The molecule has 1 amide bonds. The summed E-state index contributed by atoms with van der Waals surface area (Å²) in [6, 6.07) is 14.1. The number of hydrogen-bond donors (Lipinski definition) is 1.